The summed E-state index contributed by atoms with van der Waals surface area (Å²) in [6.07, 6.45) is 1.77. The Kier molecular flexibility index (Phi) is 6.09. The van der Waals surface area contributed by atoms with Gasteiger partial charge in [-0.1, -0.05) is 18.2 Å². The first-order chi connectivity index (χ1) is 12.1. The van der Waals surface area contributed by atoms with E-state index < -0.39 is 17.7 Å². The number of nitrogens with one attached hydrogen (secondary N) is 3. The summed E-state index contributed by atoms with van der Waals surface area (Å²) in [7, 11) is 0. The zero-order valence-corrected chi connectivity index (χ0v) is 15.1. The fourth-order valence-corrected chi connectivity index (χ4v) is 5.09. The molecule has 0 spiro atoms. The molecule has 0 atom stereocenters. The van der Waals surface area contributed by atoms with E-state index in [1.807, 2.05) is 47.8 Å². The van der Waals surface area contributed by atoms with Gasteiger partial charge in [0.25, 0.3) is 5.91 Å². The van der Waals surface area contributed by atoms with Crippen molar-refractivity contribution in [3.8, 4) is 5.75 Å². The van der Waals surface area contributed by atoms with Gasteiger partial charge < -0.3 is 10.1 Å². The molecule has 3 amide bonds. The van der Waals surface area contributed by atoms with Gasteiger partial charge in [-0.2, -0.15) is 0 Å². The summed E-state index contributed by atoms with van der Waals surface area (Å²) in [4.78, 5) is 34.8. The lowest BCUT2D eigenvalue weighted by atomic mass is 10.2. The van der Waals surface area contributed by atoms with Crippen LogP contribution in [0.5, 0.6) is 5.75 Å². The van der Waals surface area contributed by atoms with Crippen molar-refractivity contribution in [3.63, 3.8) is 0 Å². The molecule has 9 heteroatoms. The number of hydrogen-bond acceptors (Lipinski definition) is 6. The van der Waals surface area contributed by atoms with Crippen LogP contribution in [0, 0.1) is 0 Å². The topological polar surface area (TPSA) is 96.5 Å². The Morgan fingerprint density at radius 2 is 1.76 bits per heavy atom. The highest BCUT2D eigenvalue weighted by Crippen LogP contribution is 2.48. The third-order valence-electron chi connectivity index (χ3n) is 3.59. The van der Waals surface area contributed by atoms with Gasteiger partial charge in [-0.05, 0) is 18.9 Å². The van der Waals surface area contributed by atoms with Crippen LogP contribution < -0.4 is 20.9 Å². The summed E-state index contributed by atoms with van der Waals surface area (Å²) in [5.74, 6) is 0.679. The third kappa shape index (κ3) is 5.30. The molecule has 25 heavy (non-hydrogen) atoms. The second kappa shape index (κ2) is 8.48. The average molecular weight is 381 g/mol. The van der Waals surface area contributed by atoms with Crippen LogP contribution in [-0.2, 0) is 14.4 Å². The Labute approximate surface area is 154 Å². The summed E-state index contributed by atoms with van der Waals surface area (Å²) in [5, 5.41) is 2.54. The van der Waals surface area contributed by atoms with Gasteiger partial charge in [0.2, 0.25) is 0 Å². The number of thioether (sulfide) groups is 2. The monoisotopic (exact) mass is 381 g/mol. The van der Waals surface area contributed by atoms with E-state index >= 15 is 0 Å². The zero-order valence-electron chi connectivity index (χ0n) is 13.4. The largest absolute Gasteiger partial charge is 0.483 e. The van der Waals surface area contributed by atoms with Crippen molar-refractivity contribution in [2.45, 2.75) is 23.5 Å². The quantitative estimate of drug-likeness (QED) is 0.520. The molecule has 1 aliphatic heterocycles. The van der Waals surface area contributed by atoms with Crippen molar-refractivity contribution in [2.24, 2.45) is 0 Å². The van der Waals surface area contributed by atoms with Crippen LogP contribution in [0.25, 0.3) is 0 Å². The number of para-hydroxylation sites is 1. The molecule has 1 aromatic rings. The third-order valence-corrected chi connectivity index (χ3v) is 6.66. The molecule has 7 nitrogen and oxygen atoms in total. The molecule has 1 heterocycles. The lowest BCUT2D eigenvalue weighted by molar-refractivity contribution is -0.141. The molecule has 3 N–H and O–H groups in total. The molecule has 0 unspecified atom stereocenters. The second-order valence-electron chi connectivity index (χ2n) is 5.65. The predicted octanol–water partition coefficient (Wildman–Crippen LogP) is 0.970. The van der Waals surface area contributed by atoms with Crippen LogP contribution in [-0.4, -0.2) is 41.9 Å². The zero-order chi connectivity index (χ0) is 17.6. The minimum absolute atomic E-state index is 0.0834. The fourth-order valence-electron chi connectivity index (χ4n) is 2.19. The highest BCUT2D eigenvalue weighted by atomic mass is 32.2. The molecule has 1 saturated carbocycles. The molecular weight excluding hydrogens is 362 g/mol. The summed E-state index contributed by atoms with van der Waals surface area (Å²) in [6, 6.07) is 7.70. The van der Waals surface area contributed by atoms with Crippen LogP contribution in [0.2, 0.25) is 0 Å². The minimum atomic E-state index is -0.889. The van der Waals surface area contributed by atoms with Gasteiger partial charge in [0.05, 0.1) is 4.58 Å². The number of carbonyl (C=O) groups is 3. The van der Waals surface area contributed by atoms with Crippen molar-refractivity contribution in [3.05, 3.63) is 29.8 Å². The second-order valence-corrected chi connectivity index (χ2v) is 8.37. The van der Waals surface area contributed by atoms with Crippen LogP contribution >= 0.6 is 23.5 Å². The van der Waals surface area contributed by atoms with E-state index in [4.69, 9.17) is 4.74 Å². The van der Waals surface area contributed by atoms with Gasteiger partial charge in [0.15, 0.2) is 6.61 Å². The van der Waals surface area contributed by atoms with E-state index in [1.165, 1.54) is 0 Å². The molecule has 0 radical (unpaired) electrons. The van der Waals surface area contributed by atoms with E-state index in [2.05, 4.69) is 16.2 Å². The maximum Gasteiger partial charge on any atom is 0.327 e. The number of carbonyl (C=O) groups excluding carboxylic acids is 3. The van der Waals surface area contributed by atoms with Crippen LogP contribution in [0.1, 0.15) is 23.0 Å². The SMILES string of the molecule is O=C(COc1ccccc1C1SCCS1)NNC(=O)C(=O)NC1CC1. The maximum absolute atomic E-state index is 11.8. The highest BCUT2D eigenvalue weighted by Gasteiger charge is 2.26. The van der Waals surface area contributed by atoms with E-state index in [0.29, 0.717) is 10.3 Å². The number of rotatable bonds is 5. The number of benzene rings is 1. The fraction of sp³-hybridized carbons (Fsp3) is 0.438. The molecule has 3 rings (SSSR count). The van der Waals surface area contributed by atoms with Crippen LogP contribution in [0.15, 0.2) is 24.3 Å². The molecule has 1 aromatic carbocycles. The van der Waals surface area contributed by atoms with Crippen molar-refractivity contribution in [1.82, 2.24) is 16.2 Å². The molecule has 2 aliphatic rings. The molecule has 1 aliphatic carbocycles. The smallest absolute Gasteiger partial charge is 0.327 e. The summed E-state index contributed by atoms with van der Waals surface area (Å²) in [6.45, 7) is -0.246. The lowest BCUT2D eigenvalue weighted by Crippen LogP contribution is -2.50. The molecule has 0 bridgehead atoms. The van der Waals surface area contributed by atoms with E-state index in [1.54, 1.807) is 0 Å². The summed E-state index contributed by atoms with van der Waals surface area (Å²) < 4.78 is 5.90. The Bertz CT molecular complexity index is 661. The summed E-state index contributed by atoms with van der Waals surface area (Å²) in [5.41, 5.74) is 5.32. The first-order valence-corrected chi connectivity index (χ1v) is 10.1. The van der Waals surface area contributed by atoms with Crippen molar-refractivity contribution >= 4 is 41.2 Å². The molecular formula is C16H19N3O4S2. The van der Waals surface area contributed by atoms with Crippen molar-refractivity contribution in [1.29, 1.82) is 0 Å². The number of ether oxygens (including phenoxy) is 1. The van der Waals surface area contributed by atoms with E-state index in [9.17, 15) is 14.4 Å². The molecule has 0 aromatic heterocycles. The van der Waals surface area contributed by atoms with Crippen LogP contribution in [0.4, 0.5) is 0 Å². The van der Waals surface area contributed by atoms with E-state index in [-0.39, 0.29) is 12.6 Å². The highest BCUT2D eigenvalue weighted by molar-refractivity contribution is 8.19. The molecule has 1 saturated heterocycles. The maximum atomic E-state index is 11.8. The van der Waals surface area contributed by atoms with Gasteiger partial charge in [-0.15, -0.1) is 23.5 Å². The first-order valence-electron chi connectivity index (χ1n) is 7.98. The van der Waals surface area contributed by atoms with Gasteiger partial charge in [0.1, 0.15) is 5.75 Å². The minimum Gasteiger partial charge on any atom is -0.483 e. The van der Waals surface area contributed by atoms with Crippen molar-refractivity contribution < 1.29 is 19.1 Å². The number of amides is 3. The Morgan fingerprint density at radius 1 is 1.04 bits per heavy atom. The van der Waals surface area contributed by atoms with Crippen LogP contribution in [0.3, 0.4) is 0 Å². The molecule has 134 valence electrons. The normalized spacial score (nSPS) is 17.0. The lowest BCUT2D eigenvalue weighted by Gasteiger charge is -2.15. The Balaban J connectivity index is 1.44. The Morgan fingerprint density at radius 3 is 2.48 bits per heavy atom. The predicted molar refractivity (Wildman–Crippen MR) is 97.0 cm³/mol. The number of hydrogen-bond donors (Lipinski definition) is 3. The average Bonchev–Trinajstić information content (AvgIpc) is 3.27. The van der Waals surface area contributed by atoms with Gasteiger partial charge >= 0.3 is 11.8 Å². The Hall–Kier alpha value is -1.87. The van der Waals surface area contributed by atoms with Gasteiger partial charge in [0, 0.05) is 23.1 Å². The van der Waals surface area contributed by atoms with Gasteiger partial charge in [-0.25, -0.2) is 0 Å². The number of hydrazine groups is 1. The van der Waals surface area contributed by atoms with E-state index in [0.717, 1.165) is 29.9 Å². The molecule has 2 fully saturated rings. The van der Waals surface area contributed by atoms with Gasteiger partial charge in [-0.3, -0.25) is 25.2 Å². The first kappa shape index (κ1) is 17.9. The standard InChI is InChI=1S/C16H19N3O4S2/c20-13(18-19-15(22)14(21)17-10-5-6-10)9-23-12-4-2-1-3-11(12)16-24-7-8-25-16/h1-4,10,16H,5-9H2,(H,17,21)(H,18,20)(H,19,22). The van der Waals surface area contributed by atoms with Crippen molar-refractivity contribution in [2.75, 3.05) is 18.1 Å². The summed E-state index contributed by atoms with van der Waals surface area (Å²) >= 11 is 3.70.